The summed E-state index contributed by atoms with van der Waals surface area (Å²) in [6.45, 7) is 4.02. The van der Waals surface area contributed by atoms with Gasteiger partial charge in [-0.2, -0.15) is 0 Å². The number of anilines is 1. The smallest absolute Gasteiger partial charge is 0.251 e. The Kier molecular flexibility index (Phi) is 7.46. The molecule has 0 saturated heterocycles. The molecule has 0 aromatic heterocycles. The zero-order valence-corrected chi connectivity index (χ0v) is 18.7. The van der Waals surface area contributed by atoms with Gasteiger partial charge in [-0.1, -0.05) is 18.9 Å². The van der Waals surface area contributed by atoms with Crippen molar-refractivity contribution in [2.24, 2.45) is 5.92 Å². The van der Waals surface area contributed by atoms with Gasteiger partial charge in [-0.05, 0) is 74.2 Å². The Balaban J connectivity index is 1.46. The Hall–Kier alpha value is -2.71. The van der Waals surface area contributed by atoms with Gasteiger partial charge in [-0.15, -0.1) is 0 Å². The van der Waals surface area contributed by atoms with Crippen LogP contribution in [0, 0.1) is 19.8 Å². The third-order valence-corrected chi connectivity index (χ3v) is 7.09. The van der Waals surface area contributed by atoms with E-state index in [2.05, 4.69) is 15.4 Å². The molecule has 3 rings (SSSR count). The van der Waals surface area contributed by atoms with E-state index in [1.807, 2.05) is 13.8 Å². The third-order valence-electron chi connectivity index (χ3n) is 5.63. The minimum Gasteiger partial charge on any atom is -0.351 e. The monoisotopic (exact) mass is 443 g/mol. The molecule has 0 radical (unpaired) electrons. The van der Waals surface area contributed by atoms with E-state index in [4.69, 9.17) is 0 Å². The molecule has 0 spiro atoms. The molecular weight excluding hydrogens is 414 g/mol. The number of benzene rings is 2. The van der Waals surface area contributed by atoms with Crippen molar-refractivity contribution in [2.75, 3.05) is 18.4 Å². The van der Waals surface area contributed by atoms with Gasteiger partial charge >= 0.3 is 0 Å². The summed E-state index contributed by atoms with van der Waals surface area (Å²) < 4.78 is 27.2. The molecule has 0 unspecified atom stereocenters. The van der Waals surface area contributed by atoms with E-state index < -0.39 is 10.0 Å². The van der Waals surface area contributed by atoms with Gasteiger partial charge in [0.05, 0.1) is 4.90 Å². The summed E-state index contributed by atoms with van der Waals surface area (Å²) >= 11 is 0. The van der Waals surface area contributed by atoms with Gasteiger partial charge in [0.25, 0.3) is 5.91 Å². The van der Waals surface area contributed by atoms with E-state index in [1.54, 1.807) is 42.5 Å². The van der Waals surface area contributed by atoms with Crippen molar-refractivity contribution < 1.29 is 18.0 Å². The van der Waals surface area contributed by atoms with Crippen LogP contribution >= 0.6 is 0 Å². The molecular formula is C23H29N3O4S. The van der Waals surface area contributed by atoms with E-state index in [0.717, 1.165) is 36.8 Å². The van der Waals surface area contributed by atoms with Gasteiger partial charge in [-0.25, -0.2) is 13.1 Å². The van der Waals surface area contributed by atoms with Crippen LogP contribution < -0.4 is 15.4 Å². The normalized spacial score (nSPS) is 14.4. The van der Waals surface area contributed by atoms with Gasteiger partial charge in [0.15, 0.2) is 0 Å². The molecule has 7 nitrogen and oxygen atoms in total. The first-order valence-corrected chi connectivity index (χ1v) is 12.0. The lowest BCUT2D eigenvalue weighted by atomic mass is 10.1. The molecule has 1 fully saturated rings. The number of aryl methyl sites for hydroxylation is 2. The predicted molar refractivity (Wildman–Crippen MR) is 120 cm³/mol. The molecule has 0 heterocycles. The molecule has 31 heavy (non-hydrogen) atoms. The minimum absolute atomic E-state index is 0.0331. The van der Waals surface area contributed by atoms with Crippen LogP contribution in [0.25, 0.3) is 0 Å². The first kappa shape index (κ1) is 23.0. The molecule has 2 amide bonds. The highest BCUT2D eigenvalue weighted by molar-refractivity contribution is 7.89. The molecule has 0 bridgehead atoms. The number of hydrogen-bond acceptors (Lipinski definition) is 4. The van der Waals surface area contributed by atoms with E-state index in [9.17, 15) is 18.0 Å². The average molecular weight is 444 g/mol. The van der Waals surface area contributed by atoms with Gasteiger partial charge in [0.2, 0.25) is 15.9 Å². The zero-order valence-electron chi connectivity index (χ0n) is 17.9. The Morgan fingerprint density at radius 2 is 1.61 bits per heavy atom. The van der Waals surface area contributed by atoms with Crippen molar-refractivity contribution in [3.8, 4) is 0 Å². The summed E-state index contributed by atoms with van der Waals surface area (Å²) in [5.74, 6) is -0.194. The van der Waals surface area contributed by atoms with Crippen LogP contribution in [0.15, 0.2) is 47.4 Å². The van der Waals surface area contributed by atoms with Gasteiger partial charge in [0.1, 0.15) is 0 Å². The van der Waals surface area contributed by atoms with Crippen LogP contribution in [0.5, 0.6) is 0 Å². The molecule has 166 valence electrons. The van der Waals surface area contributed by atoms with Crippen LogP contribution in [0.3, 0.4) is 0 Å². The predicted octanol–water partition coefficient (Wildman–Crippen LogP) is 3.14. The molecule has 8 heteroatoms. The largest absolute Gasteiger partial charge is 0.351 e. The van der Waals surface area contributed by atoms with Crippen LogP contribution in [-0.4, -0.2) is 33.3 Å². The molecule has 1 saturated carbocycles. The van der Waals surface area contributed by atoms with E-state index >= 15 is 0 Å². The molecule has 0 aliphatic heterocycles. The maximum Gasteiger partial charge on any atom is 0.251 e. The van der Waals surface area contributed by atoms with Crippen molar-refractivity contribution in [3.05, 3.63) is 59.2 Å². The Morgan fingerprint density at radius 3 is 2.26 bits per heavy atom. The maximum absolute atomic E-state index is 12.4. The first-order chi connectivity index (χ1) is 14.8. The third kappa shape index (κ3) is 6.15. The van der Waals surface area contributed by atoms with Gasteiger partial charge in [0, 0.05) is 30.3 Å². The minimum atomic E-state index is -3.63. The quantitative estimate of drug-likeness (QED) is 0.545. The summed E-state index contributed by atoms with van der Waals surface area (Å²) in [6, 6.07) is 11.6. The Labute approximate surface area is 183 Å². The second-order valence-electron chi connectivity index (χ2n) is 7.95. The Bertz CT molecular complexity index is 1040. The van der Waals surface area contributed by atoms with Crippen LogP contribution in [0.4, 0.5) is 5.69 Å². The van der Waals surface area contributed by atoms with Crippen LogP contribution in [0.2, 0.25) is 0 Å². The molecule has 2 aromatic carbocycles. The summed E-state index contributed by atoms with van der Waals surface area (Å²) in [6.07, 6.45) is 4.05. The van der Waals surface area contributed by atoms with E-state index in [-0.39, 0.29) is 35.7 Å². The van der Waals surface area contributed by atoms with Crippen molar-refractivity contribution in [1.29, 1.82) is 0 Å². The highest BCUT2D eigenvalue weighted by atomic mass is 32.2. The highest BCUT2D eigenvalue weighted by Crippen LogP contribution is 2.26. The SMILES string of the molecule is Cc1ccc(S(=O)(=O)NCCNC(=O)c2ccc(NC(=O)C3CCCC3)cc2)cc1C. The fraction of sp³-hybridized carbons (Fsp3) is 0.391. The fourth-order valence-corrected chi connectivity index (χ4v) is 4.68. The number of carbonyl (C=O) groups is 2. The number of rotatable bonds is 8. The lowest BCUT2D eigenvalue weighted by Crippen LogP contribution is -2.34. The van der Waals surface area contributed by atoms with Crippen molar-refractivity contribution in [2.45, 2.75) is 44.4 Å². The average Bonchev–Trinajstić information content (AvgIpc) is 3.28. The van der Waals surface area contributed by atoms with Gasteiger partial charge in [-0.3, -0.25) is 9.59 Å². The van der Waals surface area contributed by atoms with Crippen LogP contribution in [0.1, 0.15) is 47.2 Å². The van der Waals surface area contributed by atoms with Crippen molar-refractivity contribution in [1.82, 2.24) is 10.0 Å². The number of nitrogens with one attached hydrogen (secondary N) is 3. The highest BCUT2D eigenvalue weighted by Gasteiger charge is 2.22. The lowest BCUT2D eigenvalue weighted by molar-refractivity contribution is -0.119. The maximum atomic E-state index is 12.4. The Morgan fingerprint density at radius 1 is 0.935 bits per heavy atom. The first-order valence-electron chi connectivity index (χ1n) is 10.5. The van der Waals surface area contributed by atoms with Crippen molar-refractivity contribution in [3.63, 3.8) is 0 Å². The number of hydrogen-bond donors (Lipinski definition) is 3. The summed E-state index contributed by atoms with van der Waals surface area (Å²) in [7, 11) is -3.63. The summed E-state index contributed by atoms with van der Waals surface area (Å²) in [4.78, 5) is 24.7. The fourth-order valence-electron chi connectivity index (χ4n) is 3.57. The molecule has 3 N–H and O–H groups in total. The number of carbonyl (C=O) groups excluding carboxylic acids is 2. The number of amides is 2. The van der Waals surface area contributed by atoms with E-state index in [1.165, 1.54) is 0 Å². The standard InChI is InChI=1S/C23H29N3O4S/c1-16-7-12-21(15-17(16)2)31(29,30)25-14-13-24-22(27)19-8-10-20(11-9-19)26-23(28)18-5-3-4-6-18/h7-12,15,18,25H,3-6,13-14H2,1-2H3,(H,24,27)(H,26,28). The second-order valence-corrected chi connectivity index (χ2v) is 9.71. The van der Waals surface area contributed by atoms with Crippen molar-refractivity contribution >= 4 is 27.5 Å². The van der Waals surface area contributed by atoms with E-state index in [0.29, 0.717) is 11.3 Å². The number of sulfonamides is 1. The molecule has 1 aliphatic rings. The summed E-state index contributed by atoms with van der Waals surface area (Å²) in [5.41, 5.74) is 3.03. The lowest BCUT2D eigenvalue weighted by Gasteiger charge is -2.11. The zero-order chi connectivity index (χ0) is 22.4. The molecule has 0 atom stereocenters. The summed E-state index contributed by atoms with van der Waals surface area (Å²) in [5, 5.41) is 5.59. The molecule has 2 aromatic rings. The molecule has 1 aliphatic carbocycles. The van der Waals surface area contributed by atoms with Crippen LogP contribution in [-0.2, 0) is 14.8 Å². The second kappa shape index (κ2) is 10.1. The van der Waals surface area contributed by atoms with Gasteiger partial charge < -0.3 is 10.6 Å². The topological polar surface area (TPSA) is 104 Å².